The van der Waals surface area contributed by atoms with Crippen molar-refractivity contribution in [2.75, 3.05) is 24.5 Å². The number of halogens is 1. The van der Waals surface area contributed by atoms with Crippen LogP contribution in [-0.2, 0) is 0 Å². The maximum absolute atomic E-state index is 13.5. The van der Waals surface area contributed by atoms with E-state index in [1.165, 1.54) is 0 Å². The van der Waals surface area contributed by atoms with Gasteiger partial charge in [0.1, 0.15) is 5.82 Å². The fourth-order valence-corrected chi connectivity index (χ4v) is 2.12. The summed E-state index contributed by atoms with van der Waals surface area (Å²) in [4.78, 5) is 2.26. The highest BCUT2D eigenvalue weighted by atomic mass is 19.1. The molecule has 1 atom stereocenters. The molecule has 0 amide bonds. The van der Waals surface area contributed by atoms with Crippen LogP contribution >= 0.6 is 0 Å². The lowest BCUT2D eigenvalue weighted by Gasteiger charge is -2.25. The average Bonchev–Trinajstić information content (AvgIpc) is 2.47. The molecule has 0 radical (unpaired) electrons. The van der Waals surface area contributed by atoms with E-state index in [9.17, 15) is 4.39 Å². The molecule has 2 rings (SSSR count). The Labute approximate surface area is 96.5 Å². The van der Waals surface area contributed by atoms with Crippen molar-refractivity contribution in [1.82, 2.24) is 5.32 Å². The van der Waals surface area contributed by atoms with Gasteiger partial charge in [-0.15, -0.1) is 0 Å². The number of anilines is 1. The van der Waals surface area contributed by atoms with E-state index in [1.807, 2.05) is 12.1 Å². The summed E-state index contributed by atoms with van der Waals surface area (Å²) in [7, 11) is 0. The highest BCUT2D eigenvalue weighted by Gasteiger charge is 2.15. The van der Waals surface area contributed by atoms with Crippen LogP contribution in [0.2, 0.25) is 0 Å². The summed E-state index contributed by atoms with van der Waals surface area (Å²) >= 11 is 0. The van der Waals surface area contributed by atoms with Crippen LogP contribution in [0.3, 0.4) is 0 Å². The molecule has 0 bridgehead atoms. The van der Waals surface area contributed by atoms with Gasteiger partial charge in [-0.25, -0.2) is 4.39 Å². The van der Waals surface area contributed by atoms with Crippen molar-refractivity contribution in [3.8, 4) is 0 Å². The molecule has 88 valence electrons. The summed E-state index contributed by atoms with van der Waals surface area (Å²) in [5, 5.41) is 3.43. The molecule has 1 unspecified atom stereocenters. The number of aryl methyl sites for hydroxylation is 1. The maximum atomic E-state index is 13.5. The topological polar surface area (TPSA) is 15.3 Å². The Morgan fingerprint density at radius 3 is 3.00 bits per heavy atom. The van der Waals surface area contributed by atoms with E-state index in [-0.39, 0.29) is 5.82 Å². The Hall–Kier alpha value is -1.09. The van der Waals surface area contributed by atoms with Crippen LogP contribution < -0.4 is 10.2 Å². The number of rotatable bonds is 1. The molecular weight excluding hydrogens is 203 g/mol. The van der Waals surface area contributed by atoms with E-state index < -0.39 is 0 Å². The molecule has 0 aliphatic carbocycles. The average molecular weight is 222 g/mol. The minimum absolute atomic E-state index is 0.109. The number of hydrogen-bond acceptors (Lipinski definition) is 2. The fourth-order valence-electron chi connectivity index (χ4n) is 2.12. The Balaban J connectivity index is 2.18. The third-order valence-corrected chi connectivity index (χ3v) is 3.11. The van der Waals surface area contributed by atoms with E-state index in [4.69, 9.17) is 0 Å². The molecule has 1 fully saturated rings. The highest BCUT2D eigenvalue weighted by Crippen LogP contribution is 2.19. The van der Waals surface area contributed by atoms with Gasteiger partial charge in [0.05, 0.1) is 0 Å². The zero-order valence-corrected chi connectivity index (χ0v) is 9.96. The Kier molecular flexibility index (Phi) is 3.44. The summed E-state index contributed by atoms with van der Waals surface area (Å²) in [5.74, 6) is -0.109. The maximum Gasteiger partial charge on any atom is 0.128 e. The van der Waals surface area contributed by atoms with Gasteiger partial charge in [-0.1, -0.05) is 6.07 Å². The smallest absolute Gasteiger partial charge is 0.128 e. The van der Waals surface area contributed by atoms with Crippen molar-refractivity contribution in [3.63, 3.8) is 0 Å². The van der Waals surface area contributed by atoms with Crippen LogP contribution in [0.25, 0.3) is 0 Å². The molecule has 3 heteroatoms. The predicted molar refractivity (Wildman–Crippen MR) is 65.4 cm³/mol. The molecule has 1 saturated heterocycles. The molecule has 1 aliphatic rings. The number of benzene rings is 1. The van der Waals surface area contributed by atoms with Gasteiger partial charge in [-0.05, 0) is 44.5 Å². The molecule has 16 heavy (non-hydrogen) atoms. The molecule has 1 aromatic rings. The first kappa shape index (κ1) is 11.4. The SMILES string of the molecule is Cc1ccc(N2CCCNC(C)C2)cc1F. The first-order chi connectivity index (χ1) is 7.66. The van der Waals surface area contributed by atoms with E-state index in [1.54, 1.807) is 13.0 Å². The lowest BCUT2D eigenvalue weighted by molar-refractivity contribution is 0.583. The Morgan fingerprint density at radius 1 is 1.44 bits per heavy atom. The van der Waals surface area contributed by atoms with Crippen molar-refractivity contribution in [1.29, 1.82) is 0 Å². The van der Waals surface area contributed by atoms with Crippen molar-refractivity contribution in [2.24, 2.45) is 0 Å². The third kappa shape index (κ3) is 2.53. The molecular formula is C13H19FN2. The molecule has 1 heterocycles. The second-order valence-electron chi connectivity index (χ2n) is 4.59. The molecule has 0 saturated carbocycles. The van der Waals surface area contributed by atoms with Gasteiger partial charge >= 0.3 is 0 Å². The lowest BCUT2D eigenvalue weighted by atomic mass is 10.2. The van der Waals surface area contributed by atoms with Crippen LogP contribution in [0, 0.1) is 12.7 Å². The Bertz CT molecular complexity index is 365. The van der Waals surface area contributed by atoms with Crippen LogP contribution in [-0.4, -0.2) is 25.7 Å². The second kappa shape index (κ2) is 4.83. The highest BCUT2D eigenvalue weighted by molar-refractivity contribution is 5.48. The predicted octanol–water partition coefficient (Wildman–Crippen LogP) is 2.32. The van der Waals surface area contributed by atoms with Crippen molar-refractivity contribution >= 4 is 5.69 Å². The monoisotopic (exact) mass is 222 g/mol. The van der Waals surface area contributed by atoms with Crippen LogP contribution in [0.15, 0.2) is 18.2 Å². The minimum Gasteiger partial charge on any atom is -0.370 e. The summed E-state index contributed by atoms with van der Waals surface area (Å²) in [6, 6.07) is 5.98. The first-order valence-corrected chi connectivity index (χ1v) is 5.91. The summed E-state index contributed by atoms with van der Waals surface area (Å²) in [6.07, 6.45) is 1.11. The summed E-state index contributed by atoms with van der Waals surface area (Å²) in [5.41, 5.74) is 1.71. The molecule has 1 aliphatic heterocycles. The molecule has 0 aromatic heterocycles. The van der Waals surface area contributed by atoms with Crippen LogP contribution in [0.1, 0.15) is 18.9 Å². The van der Waals surface area contributed by atoms with Crippen LogP contribution in [0.5, 0.6) is 0 Å². The van der Waals surface area contributed by atoms with Gasteiger partial charge in [0.25, 0.3) is 0 Å². The minimum atomic E-state index is -0.109. The fraction of sp³-hybridized carbons (Fsp3) is 0.538. The zero-order valence-electron chi connectivity index (χ0n) is 9.96. The van der Waals surface area contributed by atoms with E-state index in [0.29, 0.717) is 11.6 Å². The largest absolute Gasteiger partial charge is 0.370 e. The molecule has 2 nitrogen and oxygen atoms in total. The zero-order chi connectivity index (χ0) is 11.5. The molecule has 1 N–H and O–H groups in total. The van der Waals surface area contributed by atoms with E-state index in [0.717, 1.165) is 31.7 Å². The number of hydrogen-bond donors (Lipinski definition) is 1. The van der Waals surface area contributed by atoms with E-state index in [2.05, 4.69) is 17.1 Å². The van der Waals surface area contributed by atoms with Gasteiger partial charge < -0.3 is 10.2 Å². The number of nitrogens with one attached hydrogen (secondary N) is 1. The van der Waals surface area contributed by atoms with Gasteiger partial charge in [0.15, 0.2) is 0 Å². The number of nitrogens with zero attached hydrogens (tertiary/aromatic N) is 1. The van der Waals surface area contributed by atoms with Crippen molar-refractivity contribution in [3.05, 3.63) is 29.6 Å². The van der Waals surface area contributed by atoms with Gasteiger partial charge in [-0.3, -0.25) is 0 Å². The molecule has 0 spiro atoms. The second-order valence-corrected chi connectivity index (χ2v) is 4.59. The van der Waals surface area contributed by atoms with Crippen molar-refractivity contribution < 1.29 is 4.39 Å². The first-order valence-electron chi connectivity index (χ1n) is 5.91. The Morgan fingerprint density at radius 2 is 2.25 bits per heavy atom. The van der Waals surface area contributed by atoms with Crippen LogP contribution in [0.4, 0.5) is 10.1 Å². The van der Waals surface area contributed by atoms with Crippen molar-refractivity contribution in [2.45, 2.75) is 26.3 Å². The standard InChI is InChI=1S/C13H19FN2/c1-10-4-5-12(8-13(10)14)16-7-3-6-15-11(2)9-16/h4-5,8,11,15H,3,6-7,9H2,1-2H3. The van der Waals surface area contributed by atoms with Gasteiger partial charge in [-0.2, -0.15) is 0 Å². The van der Waals surface area contributed by atoms with E-state index >= 15 is 0 Å². The quantitative estimate of drug-likeness (QED) is 0.784. The normalized spacial score (nSPS) is 21.9. The summed E-state index contributed by atoms with van der Waals surface area (Å²) < 4.78 is 13.5. The third-order valence-electron chi connectivity index (χ3n) is 3.11. The summed E-state index contributed by atoms with van der Waals surface area (Å²) in [6.45, 7) is 6.96. The molecule has 1 aromatic carbocycles. The van der Waals surface area contributed by atoms with Gasteiger partial charge in [0.2, 0.25) is 0 Å². The van der Waals surface area contributed by atoms with Gasteiger partial charge in [0, 0.05) is 24.8 Å². The lowest BCUT2D eigenvalue weighted by Crippen LogP contribution is -2.35.